The van der Waals surface area contributed by atoms with E-state index < -0.39 is 23.2 Å². The molecule has 0 aliphatic carbocycles. The summed E-state index contributed by atoms with van der Waals surface area (Å²) < 4.78 is 26.2. The Labute approximate surface area is 93.4 Å². The smallest absolute Gasteiger partial charge is 0.341 e. The maximum Gasteiger partial charge on any atom is 0.341 e. The Hall–Kier alpha value is -1.23. The molecule has 0 heterocycles. The Balaban J connectivity index is 3.19. The molecule has 0 spiro atoms. The van der Waals surface area contributed by atoms with Gasteiger partial charge < -0.3 is 5.11 Å². The van der Waals surface area contributed by atoms with Crippen molar-refractivity contribution in [3.63, 3.8) is 0 Å². The van der Waals surface area contributed by atoms with E-state index in [1.54, 1.807) is 6.08 Å². The van der Waals surface area contributed by atoms with Gasteiger partial charge in [-0.3, -0.25) is 0 Å². The van der Waals surface area contributed by atoms with Crippen molar-refractivity contribution in [1.29, 1.82) is 0 Å². The molecule has 0 aromatic heterocycles. The molecule has 0 unspecified atom stereocenters. The second-order valence-electron chi connectivity index (χ2n) is 2.72. The van der Waals surface area contributed by atoms with Gasteiger partial charge in [-0.25, -0.2) is 13.6 Å². The molecule has 0 bridgehead atoms. The molecule has 1 rings (SSSR count). The first-order valence-corrected chi connectivity index (χ1v) is 5.13. The summed E-state index contributed by atoms with van der Waals surface area (Å²) in [6, 6.07) is 1.96. The van der Waals surface area contributed by atoms with Gasteiger partial charge in [0.05, 0.1) is 0 Å². The van der Waals surface area contributed by atoms with Crippen LogP contribution in [0.5, 0.6) is 0 Å². The van der Waals surface area contributed by atoms with E-state index >= 15 is 0 Å². The van der Waals surface area contributed by atoms with Crippen LogP contribution in [0.25, 0.3) is 6.08 Å². The van der Waals surface area contributed by atoms with Gasteiger partial charge in [0.1, 0.15) is 17.2 Å². The molecule has 15 heavy (non-hydrogen) atoms. The molecule has 0 atom stereocenters. The lowest BCUT2D eigenvalue weighted by Crippen LogP contribution is -2.04. The highest BCUT2D eigenvalue weighted by Gasteiger charge is 2.16. The summed E-state index contributed by atoms with van der Waals surface area (Å²) in [5.74, 6) is -3.76. The van der Waals surface area contributed by atoms with Crippen molar-refractivity contribution in [2.24, 2.45) is 0 Å². The van der Waals surface area contributed by atoms with E-state index in [9.17, 15) is 13.6 Å². The Bertz CT molecular complexity index is 393. The first kappa shape index (κ1) is 11.8. The van der Waals surface area contributed by atoms with Crippen LogP contribution in [0.3, 0.4) is 0 Å². The number of rotatable bonds is 3. The predicted octanol–water partition coefficient (Wildman–Crippen LogP) is 3.07. The highest BCUT2D eigenvalue weighted by molar-refractivity contribution is 9.09. The van der Waals surface area contributed by atoms with Crippen LogP contribution in [0.2, 0.25) is 0 Å². The Kier molecular flexibility index (Phi) is 3.96. The highest BCUT2D eigenvalue weighted by atomic mass is 79.9. The lowest BCUT2D eigenvalue weighted by Gasteiger charge is -2.01. The molecule has 0 aliphatic rings. The fourth-order valence-corrected chi connectivity index (χ4v) is 1.26. The van der Waals surface area contributed by atoms with Crippen LogP contribution in [0.1, 0.15) is 15.9 Å². The molecular formula is C10H7BrF2O2. The second-order valence-corrected chi connectivity index (χ2v) is 3.37. The fraction of sp³-hybridized carbons (Fsp3) is 0.100. The Morgan fingerprint density at radius 3 is 2.33 bits per heavy atom. The number of carbonyl (C=O) groups is 1. The van der Waals surface area contributed by atoms with Gasteiger partial charge in [-0.15, -0.1) is 0 Å². The molecule has 5 heteroatoms. The van der Waals surface area contributed by atoms with E-state index in [0.717, 1.165) is 12.1 Å². The summed E-state index contributed by atoms with van der Waals surface area (Å²) in [6.07, 6.45) is 3.14. The molecular weight excluding hydrogens is 270 g/mol. The number of aromatic carboxylic acids is 1. The number of carboxylic acid groups (broad SMARTS) is 1. The van der Waals surface area contributed by atoms with Crippen molar-refractivity contribution >= 4 is 28.0 Å². The molecule has 0 saturated carbocycles. The average molecular weight is 277 g/mol. The zero-order valence-electron chi connectivity index (χ0n) is 7.51. The summed E-state index contributed by atoms with van der Waals surface area (Å²) in [6.45, 7) is 0. The van der Waals surface area contributed by atoms with E-state index in [1.165, 1.54) is 6.08 Å². The number of carboxylic acids is 1. The van der Waals surface area contributed by atoms with Crippen LogP contribution in [0.15, 0.2) is 18.2 Å². The quantitative estimate of drug-likeness (QED) is 0.862. The average Bonchev–Trinajstić information content (AvgIpc) is 2.12. The molecule has 80 valence electrons. The fourth-order valence-electron chi connectivity index (χ4n) is 1.07. The van der Waals surface area contributed by atoms with Crippen LogP contribution in [-0.2, 0) is 0 Å². The molecule has 1 N–H and O–H groups in total. The van der Waals surface area contributed by atoms with Crippen LogP contribution in [-0.4, -0.2) is 16.4 Å². The van der Waals surface area contributed by atoms with Gasteiger partial charge in [0, 0.05) is 5.33 Å². The van der Waals surface area contributed by atoms with Crippen LogP contribution in [0.4, 0.5) is 8.78 Å². The van der Waals surface area contributed by atoms with Crippen molar-refractivity contribution in [1.82, 2.24) is 0 Å². The number of hydrogen-bond acceptors (Lipinski definition) is 1. The van der Waals surface area contributed by atoms with Crippen LogP contribution < -0.4 is 0 Å². The third kappa shape index (κ3) is 2.86. The van der Waals surface area contributed by atoms with Gasteiger partial charge in [-0.05, 0) is 17.7 Å². The third-order valence-electron chi connectivity index (χ3n) is 1.68. The van der Waals surface area contributed by atoms with E-state index in [0.29, 0.717) is 5.33 Å². The van der Waals surface area contributed by atoms with Gasteiger partial charge in [-0.2, -0.15) is 0 Å². The van der Waals surface area contributed by atoms with Crippen molar-refractivity contribution in [2.45, 2.75) is 0 Å². The maximum atomic E-state index is 13.1. The number of alkyl halides is 1. The summed E-state index contributed by atoms with van der Waals surface area (Å²) in [5.41, 5.74) is -0.638. The van der Waals surface area contributed by atoms with Crippen molar-refractivity contribution < 1.29 is 18.7 Å². The number of allylic oxidation sites excluding steroid dienone is 1. The second kappa shape index (κ2) is 5.02. The van der Waals surface area contributed by atoms with E-state index in [4.69, 9.17) is 5.11 Å². The molecule has 0 radical (unpaired) electrons. The molecule has 0 saturated heterocycles. The van der Waals surface area contributed by atoms with Gasteiger partial charge in [0.2, 0.25) is 0 Å². The summed E-state index contributed by atoms with van der Waals surface area (Å²) in [5, 5.41) is 9.06. The summed E-state index contributed by atoms with van der Waals surface area (Å²) >= 11 is 3.11. The molecule has 1 aromatic rings. The zero-order chi connectivity index (χ0) is 11.4. The van der Waals surface area contributed by atoms with E-state index in [-0.39, 0.29) is 5.56 Å². The lowest BCUT2D eigenvalue weighted by atomic mass is 10.1. The molecule has 2 nitrogen and oxygen atoms in total. The highest BCUT2D eigenvalue weighted by Crippen LogP contribution is 2.16. The zero-order valence-corrected chi connectivity index (χ0v) is 9.09. The molecule has 0 amide bonds. The Morgan fingerprint density at radius 2 is 1.93 bits per heavy atom. The number of hydrogen-bond donors (Lipinski definition) is 1. The van der Waals surface area contributed by atoms with E-state index in [2.05, 4.69) is 15.9 Å². The third-order valence-corrected chi connectivity index (χ3v) is 2.05. The summed E-state index contributed by atoms with van der Waals surface area (Å²) in [7, 11) is 0. The SMILES string of the molecule is O=C(O)c1c(F)cc(C=CCBr)cc1F. The number of halogens is 3. The van der Waals surface area contributed by atoms with Crippen molar-refractivity contribution in [3.8, 4) is 0 Å². The normalized spacial score (nSPS) is 10.9. The largest absolute Gasteiger partial charge is 0.477 e. The first-order chi connectivity index (χ1) is 7.06. The lowest BCUT2D eigenvalue weighted by molar-refractivity contribution is 0.0686. The first-order valence-electron chi connectivity index (χ1n) is 4.01. The van der Waals surface area contributed by atoms with Crippen molar-refractivity contribution in [2.75, 3.05) is 5.33 Å². The van der Waals surface area contributed by atoms with Gasteiger partial charge in [-0.1, -0.05) is 28.1 Å². The predicted molar refractivity (Wildman–Crippen MR) is 56.1 cm³/mol. The van der Waals surface area contributed by atoms with Gasteiger partial charge in [0.25, 0.3) is 0 Å². The Morgan fingerprint density at radius 1 is 1.40 bits per heavy atom. The minimum absolute atomic E-state index is 0.287. The van der Waals surface area contributed by atoms with Gasteiger partial charge in [0.15, 0.2) is 0 Å². The topological polar surface area (TPSA) is 37.3 Å². The minimum atomic E-state index is -1.61. The van der Waals surface area contributed by atoms with Crippen LogP contribution in [0, 0.1) is 11.6 Å². The molecule has 0 aliphatic heterocycles. The summed E-state index contributed by atoms with van der Waals surface area (Å²) in [4.78, 5) is 10.5. The van der Waals surface area contributed by atoms with Crippen molar-refractivity contribution in [3.05, 3.63) is 41.0 Å². The van der Waals surface area contributed by atoms with Gasteiger partial charge >= 0.3 is 5.97 Å². The molecule has 1 aromatic carbocycles. The maximum absolute atomic E-state index is 13.1. The molecule has 0 fully saturated rings. The van der Waals surface area contributed by atoms with Crippen LogP contribution >= 0.6 is 15.9 Å². The number of benzene rings is 1. The van der Waals surface area contributed by atoms with E-state index in [1.807, 2.05) is 0 Å². The monoisotopic (exact) mass is 276 g/mol. The minimum Gasteiger partial charge on any atom is -0.477 e. The standard InChI is InChI=1S/C10H7BrF2O2/c11-3-1-2-6-4-7(12)9(10(14)15)8(13)5-6/h1-2,4-5H,3H2,(H,14,15).